The second-order valence-corrected chi connectivity index (χ2v) is 3.60. The maximum Gasteiger partial charge on any atom is 0.191 e. The minimum absolute atomic E-state index is 0.425. The van der Waals surface area contributed by atoms with E-state index in [2.05, 4.69) is 10.1 Å². The summed E-state index contributed by atoms with van der Waals surface area (Å²) in [4.78, 5) is 5.39. The molecule has 2 N–H and O–H groups in total. The summed E-state index contributed by atoms with van der Waals surface area (Å²) < 4.78 is 1.72. The molecule has 68 valence electrons. The Bertz CT molecular complexity index is 390. The molecule has 2 rings (SSSR count). The van der Waals surface area contributed by atoms with Gasteiger partial charge in [0.15, 0.2) is 5.82 Å². The minimum Gasteiger partial charge on any atom is -0.324 e. The molecular formula is C8H10N4S. The Morgan fingerprint density at radius 2 is 2.46 bits per heavy atom. The van der Waals surface area contributed by atoms with Crippen LogP contribution in [0.2, 0.25) is 0 Å². The Morgan fingerprint density at radius 3 is 3.00 bits per heavy atom. The van der Waals surface area contributed by atoms with E-state index in [4.69, 9.17) is 5.73 Å². The fraction of sp³-hybridized carbons (Fsp3) is 0.250. The molecule has 0 saturated carbocycles. The van der Waals surface area contributed by atoms with E-state index >= 15 is 0 Å². The van der Waals surface area contributed by atoms with E-state index in [9.17, 15) is 0 Å². The quantitative estimate of drug-likeness (QED) is 0.776. The molecule has 0 unspecified atom stereocenters. The van der Waals surface area contributed by atoms with Crippen molar-refractivity contribution in [2.24, 2.45) is 12.8 Å². The minimum atomic E-state index is 0.425. The fourth-order valence-electron chi connectivity index (χ4n) is 1.10. The van der Waals surface area contributed by atoms with Crippen molar-refractivity contribution in [2.45, 2.75) is 6.54 Å². The molecule has 0 saturated heterocycles. The van der Waals surface area contributed by atoms with Crippen LogP contribution in [0.15, 0.2) is 17.5 Å². The monoisotopic (exact) mass is 194 g/mol. The number of rotatable bonds is 2. The van der Waals surface area contributed by atoms with Gasteiger partial charge in [-0.3, -0.25) is 4.68 Å². The molecule has 0 bridgehead atoms. The molecule has 0 aromatic carbocycles. The highest BCUT2D eigenvalue weighted by Gasteiger charge is 2.07. The molecule has 0 spiro atoms. The average molecular weight is 194 g/mol. The highest BCUT2D eigenvalue weighted by Crippen LogP contribution is 2.20. The van der Waals surface area contributed by atoms with E-state index in [1.54, 1.807) is 16.0 Å². The zero-order valence-corrected chi connectivity index (χ0v) is 8.08. The normalized spacial score (nSPS) is 10.6. The summed E-state index contributed by atoms with van der Waals surface area (Å²) in [7, 11) is 1.85. The number of thiophene rings is 1. The molecule has 0 aliphatic carbocycles. The third-order valence-corrected chi connectivity index (χ3v) is 2.64. The van der Waals surface area contributed by atoms with Crippen molar-refractivity contribution >= 4 is 11.3 Å². The summed E-state index contributed by atoms with van der Waals surface area (Å²) in [5, 5.41) is 6.27. The lowest BCUT2D eigenvalue weighted by Gasteiger charge is -1.90. The van der Waals surface area contributed by atoms with Crippen LogP contribution in [0.25, 0.3) is 10.7 Å². The van der Waals surface area contributed by atoms with Crippen LogP contribution in [-0.4, -0.2) is 14.8 Å². The Balaban J connectivity index is 2.43. The predicted octanol–water partition coefficient (Wildman–Crippen LogP) is 1.00. The number of aryl methyl sites for hydroxylation is 1. The molecule has 0 radical (unpaired) electrons. The Hall–Kier alpha value is -1.20. The highest BCUT2D eigenvalue weighted by molar-refractivity contribution is 7.13. The van der Waals surface area contributed by atoms with Crippen LogP contribution < -0.4 is 5.73 Å². The van der Waals surface area contributed by atoms with Gasteiger partial charge in [-0.15, -0.1) is 11.3 Å². The summed E-state index contributed by atoms with van der Waals surface area (Å²) in [6.07, 6.45) is 0. The maximum atomic E-state index is 5.50. The van der Waals surface area contributed by atoms with Crippen LogP contribution in [0.5, 0.6) is 0 Å². The molecule has 4 nitrogen and oxygen atoms in total. The van der Waals surface area contributed by atoms with Gasteiger partial charge < -0.3 is 5.73 Å². The maximum absolute atomic E-state index is 5.50. The molecule has 13 heavy (non-hydrogen) atoms. The zero-order chi connectivity index (χ0) is 9.26. The van der Waals surface area contributed by atoms with Gasteiger partial charge in [0, 0.05) is 7.05 Å². The van der Waals surface area contributed by atoms with E-state index in [-0.39, 0.29) is 0 Å². The van der Waals surface area contributed by atoms with Crippen molar-refractivity contribution in [1.82, 2.24) is 14.8 Å². The van der Waals surface area contributed by atoms with Crippen molar-refractivity contribution in [3.05, 3.63) is 23.3 Å². The second kappa shape index (κ2) is 3.27. The SMILES string of the molecule is Cn1nc(-c2cccs2)nc1CN. The van der Waals surface area contributed by atoms with Crippen molar-refractivity contribution < 1.29 is 0 Å². The number of hydrogen-bond donors (Lipinski definition) is 1. The molecule has 2 aromatic heterocycles. The number of nitrogens with zero attached hydrogens (tertiary/aromatic N) is 3. The van der Waals surface area contributed by atoms with Gasteiger partial charge in [-0.1, -0.05) is 6.07 Å². The first-order valence-corrected chi connectivity index (χ1v) is 4.83. The van der Waals surface area contributed by atoms with Crippen molar-refractivity contribution in [3.63, 3.8) is 0 Å². The van der Waals surface area contributed by atoms with E-state index in [1.807, 2.05) is 24.6 Å². The second-order valence-electron chi connectivity index (χ2n) is 2.66. The van der Waals surface area contributed by atoms with Crippen LogP contribution in [0.3, 0.4) is 0 Å². The molecule has 2 heterocycles. The van der Waals surface area contributed by atoms with Gasteiger partial charge in [0.25, 0.3) is 0 Å². The van der Waals surface area contributed by atoms with Crippen LogP contribution in [0, 0.1) is 0 Å². The van der Waals surface area contributed by atoms with Crippen molar-refractivity contribution in [3.8, 4) is 10.7 Å². The Labute approximate surface area is 80.0 Å². The third kappa shape index (κ3) is 1.48. The molecule has 0 fully saturated rings. The van der Waals surface area contributed by atoms with Gasteiger partial charge in [-0.2, -0.15) is 5.10 Å². The summed E-state index contributed by atoms with van der Waals surface area (Å²) >= 11 is 1.63. The summed E-state index contributed by atoms with van der Waals surface area (Å²) in [6.45, 7) is 0.425. The van der Waals surface area contributed by atoms with Crippen LogP contribution in [0.1, 0.15) is 5.82 Å². The van der Waals surface area contributed by atoms with Gasteiger partial charge in [-0.25, -0.2) is 4.98 Å². The standard InChI is InChI=1S/C8H10N4S/c1-12-7(5-9)10-8(11-12)6-3-2-4-13-6/h2-4H,5,9H2,1H3. The fourth-order valence-corrected chi connectivity index (χ4v) is 1.76. The number of hydrogen-bond acceptors (Lipinski definition) is 4. The van der Waals surface area contributed by atoms with E-state index in [1.165, 1.54) is 0 Å². The number of aromatic nitrogens is 3. The largest absolute Gasteiger partial charge is 0.324 e. The first-order valence-electron chi connectivity index (χ1n) is 3.95. The molecule has 5 heteroatoms. The van der Waals surface area contributed by atoms with Gasteiger partial charge in [-0.05, 0) is 11.4 Å². The zero-order valence-electron chi connectivity index (χ0n) is 7.27. The Kier molecular flexibility index (Phi) is 2.12. The van der Waals surface area contributed by atoms with Crippen LogP contribution >= 0.6 is 11.3 Å². The Morgan fingerprint density at radius 1 is 1.62 bits per heavy atom. The van der Waals surface area contributed by atoms with E-state index < -0.39 is 0 Å². The average Bonchev–Trinajstić information content (AvgIpc) is 2.71. The van der Waals surface area contributed by atoms with Gasteiger partial charge in [0.05, 0.1) is 11.4 Å². The molecular weight excluding hydrogens is 184 g/mol. The molecule has 2 aromatic rings. The van der Waals surface area contributed by atoms with Crippen molar-refractivity contribution in [1.29, 1.82) is 0 Å². The molecule has 0 atom stereocenters. The predicted molar refractivity (Wildman–Crippen MR) is 52.2 cm³/mol. The smallest absolute Gasteiger partial charge is 0.191 e. The topological polar surface area (TPSA) is 56.7 Å². The molecule has 0 aliphatic rings. The lowest BCUT2D eigenvalue weighted by Crippen LogP contribution is -2.05. The number of nitrogens with two attached hydrogens (primary N) is 1. The summed E-state index contributed by atoms with van der Waals surface area (Å²) in [5.41, 5.74) is 5.50. The lowest BCUT2D eigenvalue weighted by molar-refractivity contribution is 0.703. The molecule has 0 amide bonds. The first kappa shape index (κ1) is 8.40. The van der Waals surface area contributed by atoms with E-state index in [0.29, 0.717) is 6.54 Å². The van der Waals surface area contributed by atoms with Crippen LogP contribution in [0.4, 0.5) is 0 Å². The van der Waals surface area contributed by atoms with Gasteiger partial charge in [0.2, 0.25) is 0 Å². The lowest BCUT2D eigenvalue weighted by atomic mass is 10.4. The summed E-state index contributed by atoms with van der Waals surface area (Å²) in [5.74, 6) is 1.57. The van der Waals surface area contributed by atoms with Gasteiger partial charge in [0.1, 0.15) is 5.82 Å². The van der Waals surface area contributed by atoms with Gasteiger partial charge >= 0.3 is 0 Å². The third-order valence-electron chi connectivity index (χ3n) is 1.78. The highest BCUT2D eigenvalue weighted by atomic mass is 32.1. The van der Waals surface area contributed by atoms with Crippen LogP contribution in [-0.2, 0) is 13.6 Å². The summed E-state index contributed by atoms with van der Waals surface area (Å²) in [6, 6.07) is 3.98. The first-order chi connectivity index (χ1) is 6.31. The molecule has 0 aliphatic heterocycles. The van der Waals surface area contributed by atoms with Crippen molar-refractivity contribution in [2.75, 3.05) is 0 Å². The van der Waals surface area contributed by atoms with E-state index in [0.717, 1.165) is 16.5 Å².